The minimum atomic E-state index is -4.57. The maximum atomic E-state index is 13.1. The standard InChI is InChI=1S/C11H14F4N2/c12-9-5-7(10(17)2-1-3-16)4-8(6-9)11(13,14)15/h4-6,10H,1-3,16-17H2/t10-/m1/s1. The predicted molar refractivity (Wildman–Crippen MR) is 56.6 cm³/mol. The van der Waals surface area contributed by atoms with Gasteiger partial charge in [0, 0.05) is 6.04 Å². The van der Waals surface area contributed by atoms with Gasteiger partial charge in [-0.25, -0.2) is 4.39 Å². The average molecular weight is 250 g/mol. The van der Waals surface area contributed by atoms with Crippen LogP contribution in [-0.2, 0) is 6.18 Å². The number of alkyl halides is 3. The Balaban J connectivity index is 2.97. The van der Waals surface area contributed by atoms with E-state index in [4.69, 9.17) is 11.5 Å². The van der Waals surface area contributed by atoms with E-state index in [1.807, 2.05) is 0 Å². The third kappa shape index (κ3) is 3.98. The molecule has 0 heterocycles. The highest BCUT2D eigenvalue weighted by molar-refractivity contribution is 5.28. The van der Waals surface area contributed by atoms with Crippen LogP contribution in [0, 0.1) is 5.82 Å². The minimum absolute atomic E-state index is 0.144. The van der Waals surface area contributed by atoms with Crippen molar-refractivity contribution in [1.29, 1.82) is 0 Å². The van der Waals surface area contributed by atoms with E-state index in [1.165, 1.54) is 0 Å². The maximum absolute atomic E-state index is 13.1. The van der Waals surface area contributed by atoms with Crippen LogP contribution in [-0.4, -0.2) is 6.54 Å². The zero-order valence-corrected chi connectivity index (χ0v) is 9.10. The molecular weight excluding hydrogens is 236 g/mol. The van der Waals surface area contributed by atoms with Gasteiger partial charge in [-0.1, -0.05) is 0 Å². The fraction of sp³-hybridized carbons (Fsp3) is 0.455. The minimum Gasteiger partial charge on any atom is -0.330 e. The zero-order valence-electron chi connectivity index (χ0n) is 9.10. The third-order valence-corrected chi connectivity index (χ3v) is 2.39. The lowest BCUT2D eigenvalue weighted by atomic mass is 10.0. The van der Waals surface area contributed by atoms with Gasteiger partial charge in [-0.15, -0.1) is 0 Å². The largest absolute Gasteiger partial charge is 0.416 e. The van der Waals surface area contributed by atoms with E-state index in [1.54, 1.807) is 0 Å². The molecule has 0 amide bonds. The smallest absolute Gasteiger partial charge is 0.330 e. The molecule has 0 aliphatic heterocycles. The van der Waals surface area contributed by atoms with Crippen molar-refractivity contribution in [2.45, 2.75) is 25.1 Å². The van der Waals surface area contributed by atoms with E-state index < -0.39 is 23.6 Å². The number of rotatable bonds is 4. The Hall–Kier alpha value is -1.14. The lowest BCUT2D eigenvalue weighted by Crippen LogP contribution is -2.14. The van der Waals surface area contributed by atoms with E-state index in [9.17, 15) is 17.6 Å². The van der Waals surface area contributed by atoms with Crippen molar-refractivity contribution in [2.75, 3.05) is 6.54 Å². The summed E-state index contributed by atoms with van der Waals surface area (Å²) in [4.78, 5) is 0. The topological polar surface area (TPSA) is 52.0 Å². The van der Waals surface area contributed by atoms with Gasteiger partial charge in [-0.3, -0.25) is 0 Å². The summed E-state index contributed by atoms with van der Waals surface area (Å²) in [5.74, 6) is -0.932. The van der Waals surface area contributed by atoms with Crippen LogP contribution in [0.2, 0.25) is 0 Å². The maximum Gasteiger partial charge on any atom is 0.416 e. The molecule has 0 aliphatic rings. The lowest BCUT2D eigenvalue weighted by Gasteiger charge is -2.14. The van der Waals surface area contributed by atoms with Crippen molar-refractivity contribution in [1.82, 2.24) is 0 Å². The first-order chi connectivity index (χ1) is 7.84. The Morgan fingerprint density at radius 1 is 1.18 bits per heavy atom. The molecule has 1 rings (SSSR count). The summed E-state index contributed by atoms with van der Waals surface area (Å²) in [6, 6.07) is 1.73. The summed E-state index contributed by atoms with van der Waals surface area (Å²) in [6.45, 7) is 0.398. The first kappa shape index (κ1) is 13.9. The summed E-state index contributed by atoms with van der Waals surface area (Å²) >= 11 is 0. The molecule has 0 fully saturated rings. The first-order valence-electron chi connectivity index (χ1n) is 5.18. The number of halogens is 4. The quantitative estimate of drug-likeness (QED) is 0.807. The molecule has 0 saturated carbocycles. The van der Waals surface area contributed by atoms with Crippen LogP contribution in [0.1, 0.15) is 30.0 Å². The molecule has 1 atom stereocenters. The lowest BCUT2D eigenvalue weighted by molar-refractivity contribution is -0.137. The van der Waals surface area contributed by atoms with Gasteiger partial charge in [0.15, 0.2) is 0 Å². The molecule has 0 bridgehead atoms. The molecule has 0 saturated heterocycles. The fourth-order valence-electron chi connectivity index (χ4n) is 1.49. The van der Waals surface area contributed by atoms with Gasteiger partial charge in [-0.2, -0.15) is 13.2 Å². The average Bonchev–Trinajstić information content (AvgIpc) is 2.23. The van der Waals surface area contributed by atoms with Crippen molar-refractivity contribution in [3.05, 3.63) is 35.1 Å². The van der Waals surface area contributed by atoms with Crippen LogP contribution in [0.15, 0.2) is 18.2 Å². The number of nitrogens with two attached hydrogens (primary N) is 2. The highest BCUT2D eigenvalue weighted by Gasteiger charge is 2.31. The monoisotopic (exact) mass is 250 g/mol. The van der Waals surface area contributed by atoms with Crippen LogP contribution in [0.4, 0.5) is 17.6 Å². The van der Waals surface area contributed by atoms with Gasteiger partial charge in [0.2, 0.25) is 0 Å². The first-order valence-corrected chi connectivity index (χ1v) is 5.18. The molecule has 4 N–H and O–H groups in total. The Morgan fingerprint density at radius 3 is 2.35 bits per heavy atom. The Labute approximate surface area is 96.6 Å². The Morgan fingerprint density at radius 2 is 1.82 bits per heavy atom. The predicted octanol–water partition coefficient (Wildman–Crippen LogP) is 2.58. The normalized spacial score (nSPS) is 13.8. The summed E-state index contributed by atoms with van der Waals surface area (Å²) in [7, 11) is 0. The third-order valence-electron chi connectivity index (χ3n) is 2.39. The summed E-state index contributed by atoms with van der Waals surface area (Å²) in [5, 5.41) is 0. The van der Waals surface area contributed by atoms with Gasteiger partial charge in [-0.05, 0) is 43.1 Å². The molecule has 0 aliphatic carbocycles. The molecule has 17 heavy (non-hydrogen) atoms. The van der Waals surface area contributed by atoms with E-state index in [0.29, 0.717) is 25.5 Å². The van der Waals surface area contributed by atoms with E-state index in [2.05, 4.69) is 0 Å². The molecule has 6 heteroatoms. The van der Waals surface area contributed by atoms with Crippen molar-refractivity contribution in [2.24, 2.45) is 11.5 Å². The Bertz CT molecular complexity index is 376. The zero-order chi connectivity index (χ0) is 13.1. The molecule has 1 aromatic rings. The molecule has 0 spiro atoms. The van der Waals surface area contributed by atoms with E-state index in [-0.39, 0.29) is 5.56 Å². The van der Waals surface area contributed by atoms with Crippen LogP contribution in [0.5, 0.6) is 0 Å². The summed E-state index contributed by atoms with van der Waals surface area (Å²) < 4.78 is 50.4. The second-order valence-electron chi connectivity index (χ2n) is 3.81. The van der Waals surface area contributed by atoms with Crippen LogP contribution >= 0.6 is 0 Å². The van der Waals surface area contributed by atoms with E-state index in [0.717, 1.165) is 12.1 Å². The highest BCUT2D eigenvalue weighted by Crippen LogP contribution is 2.31. The SMILES string of the molecule is NCCC[C@@H](N)c1cc(F)cc(C(F)(F)F)c1. The molecule has 1 aromatic carbocycles. The summed E-state index contributed by atoms with van der Waals surface area (Å²) in [6.07, 6.45) is -3.55. The molecular formula is C11H14F4N2. The number of hydrogen-bond acceptors (Lipinski definition) is 2. The second-order valence-corrected chi connectivity index (χ2v) is 3.81. The van der Waals surface area contributed by atoms with Gasteiger partial charge in [0.1, 0.15) is 5.82 Å². The Kier molecular flexibility index (Phi) is 4.47. The van der Waals surface area contributed by atoms with Gasteiger partial charge < -0.3 is 11.5 Å². The number of hydrogen-bond donors (Lipinski definition) is 2. The van der Waals surface area contributed by atoms with Gasteiger partial charge in [0.05, 0.1) is 5.56 Å². The molecule has 96 valence electrons. The van der Waals surface area contributed by atoms with E-state index >= 15 is 0 Å². The molecule has 0 radical (unpaired) electrons. The van der Waals surface area contributed by atoms with Crippen molar-refractivity contribution in [3.63, 3.8) is 0 Å². The van der Waals surface area contributed by atoms with Crippen molar-refractivity contribution >= 4 is 0 Å². The highest BCUT2D eigenvalue weighted by atomic mass is 19.4. The van der Waals surface area contributed by atoms with Gasteiger partial charge >= 0.3 is 6.18 Å². The van der Waals surface area contributed by atoms with Crippen molar-refractivity contribution in [3.8, 4) is 0 Å². The van der Waals surface area contributed by atoms with Crippen LogP contribution < -0.4 is 11.5 Å². The van der Waals surface area contributed by atoms with Crippen molar-refractivity contribution < 1.29 is 17.6 Å². The number of benzene rings is 1. The molecule has 0 unspecified atom stereocenters. The second kappa shape index (κ2) is 5.46. The summed E-state index contributed by atoms with van der Waals surface area (Å²) in [5.41, 5.74) is 10.1. The molecule has 0 aromatic heterocycles. The van der Waals surface area contributed by atoms with Gasteiger partial charge in [0.25, 0.3) is 0 Å². The van der Waals surface area contributed by atoms with Crippen LogP contribution in [0.25, 0.3) is 0 Å². The molecule has 2 nitrogen and oxygen atoms in total. The van der Waals surface area contributed by atoms with Crippen LogP contribution in [0.3, 0.4) is 0 Å². The fourth-order valence-corrected chi connectivity index (χ4v) is 1.49.